The summed E-state index contributed by atoms with van der Waals surface area (Å²) < 4.78 is 1.92. The van der Waals surface area contributed by atoms with Gasteiger partial charge in [0.1, 0.15) is 0 Å². The minimum absolute atomic E-state index is 0.741. The first-order chi connectivity index (χ1) is 8.93. The van der Waals surface area contributed by atoms with Crippen LogP contribution >= 0.6 is 0 Å². The maximum absolute atomic E-state index is 4.15. The highest BCUT2D eigenvalue weighted by Crippen LogP contribution is 2.18. The second-order valence-corrected chi connectivity index (χ2v) is 4.13. The summed E-state index contributed by atoms with van der Waals surface area (Å²) in [7, 11) is 0. The minimum atomic E-state index is 0.741. The second kappa shape index (κ2) is 4.84. The lowest BCUT2D eigenvalue weighted by Crippen LogP contribution is -2.03. The molecule has 0 saturated heterocycles. The molecular formula is C15H13N3. The predicted octanol–water partition coefficient (Wildman–Crippen LogP) is 2.99. The predicted molar refractivity (Wildman–Crippen MR) is 71.0 cm³/mol. The molecule has 0 amide bonds. The first-order valence-corrected chi connectivity index (χ1v) is 5.91. The summed E-state index contributed by atoms with van der Waals surface area (Å²) in [6.07, 6.45) is 1.80. The van der Waals surface area contributed by atoms with Crippen LogP contribution in [0.5, 0.6) is 0 Å². The van der Waals surface area contributed by atoms with Crippen LogP contribution in [0.1, 0.15) is 5.56 Å². The van der Waals surface area contributed by atoms with Crippen LogP contribution in [-0.4, -0.2) is 15.0 Å². The van der Waals surface area contributed by atoms with Gasteiger partial charge in [-0.3, -0.25) is 0 Å². The van der Waals surface area contributed by atoms with Crippen molar-refractivity contribution in [3.8, 4) is 11.3 Å². The summed E-state index contributed by atoms with van der Waals surface area (Å²) in [5.41, 5.74) is 3.40. The van der Waals surface area contributed by atoms with Crippen LogP contribution in [-0.2, 0) is 6.54 Å². The highest BCUT2D eigenvalue weighted by molar-refractivity contribution is 5.58. The summed E-state index contributed by atoms with van der Waals surface area (Å²) in [6, 6.07) is 20.5. The number of hydrogen-bond acceptors (Lipinski definition) is 2. The van der Waals surface area contributed by atoms with E-state index in [2.05, 4.69) is 34.6 Å². The highest BCUT2D eigenvalue weighted by Gasteiger charge is 2.06. The van der Waals surface area contributed by atoms with E-state index in [1.54, 1.807) is 6.20 Å². The molecule has 0 aliphatic carbocycles. The normalized spacial score (nSPS) is 10.4. The Morgan fingerprint density at radius 2 is 1.50 bits per heavy atom. The van der Waals surface area contributed by atoms with Gasteiger partial charge in [-0.2, -0.15) is 0 Å². The fourth-order valence-corrected chi connectivity index (χ4v) is 1.96. The van der Waals surface area contributed by atoms with Crippen molar-refractivity contribution in [1.29, 1.82) is 0 Å². The molecule has 0 N–H and O–H groups in total. The van der Waals surface area contributed by atoms with Crippen molar-refractivity contribution in [2.24, 2.45) is 0 Å². The number of hydrogen-bond donors (Lipinski definition) is 0. The molecule has 3 heteroatoms. The quantitative estimate of drug-likeness (QED) is 0.698. The molecule has 88 valence electrons. The van der Waals surface area contributed by atoms with Gasteiger partial charge in [0.15, 0.2) is 0 Å². The third-order valence-corrected chi connectivity index (χ3v) is 2.86. The van der Waals surface area contributed by atoms with Crippen molar-refractivity contribution in [2.45, 2.75) is 6.54 Å². The Balaban J connectivity index is 1.93. The standard InChI is InChI=1S/C15H13N3/c1-3-7-13(8-4-1)12-18-15(11-16-17-18)14-9-5-2-6-10-14/h1-11H,12H2. The van der Waals surface area contributed by atoms with Crippen molar-refractivity contribution in [3.63, 3.8) is 0 Å². The van der Waals surface area contributed by atoms with E-state index >= 15 is 0 Å². The molecule has 0 atom stereocenters. The molecule has 2 aromatic carbocycles. The van der Waals surface area contributed by atoms with Gasteiger partial charge in [0, 0.05) is 5.56 Å². The Hall–Kier alpha value is -2.42. The van der Waals surface area contributed by atoms with E-state index in [9.17, 15) is 0 Å². The van der Waals surface area contributed by atoms with Gasteiger partial charge in [-0.05, 0) is 5.56 Å². The maximum Gasteiger partial charge on any atom is 0.0889 e. The molecule has 3 nitrogen and oxygen atoms in total. The molecule has 1 heterocycles. The highest BCUT2D eigenvalue weighted by atomic mass is 15.4. The van der Waals surface area contributed by atoms with Gasteiger partial charge in [0.25, 0.3) is 0 Å². The molecule has 0 spiro atoms. The molecule has 0 fully saturated rings. The molecule has 0 unspecified atom stereocenters. The minimum Gasteiger partial charge on any atom is -0.240 e. The lowest BCUT2D eigenvalue weighted by atomic mass is 10.1. The van der Waals surface area contributed by atoms with Gasteiger partial charge in [0.2, 0.25) is 0 Å². The Kier molecular flexibility index (Phi) is 2.88. The van der Waals surface area contributed by atoms with Crippen LogP contribution in [0, 0.1) is 0 Å². The largest absolute Gasteiger partial charge is 0.240 e. The zero-order valence-electron chi connectivity index (χ0n) is 9.90. The topological polar surface area (TPSA) is 30.7 Å². The van der Waals surface area contributed by atoms with Crippen LogP contribution in [0.2, 0.25) is 0 Å². The van der Waals surface area contributed by atoms with E-state index in [-0.39, 0.29) is 0 Å². The van der Waals surface area contributed by atoms with Gasteiger partial charge in [-0.15, -0.1) is 5.10 Å². The van der Waals surface area contributed by atoms with Crippen molar-refractivity contribution >= 4 is 0 Å². The molecule has 1 aromatic heterocycles. The fraction of sp³-hybridized carbons (Fsp3) is 0.0667. The van der Waals surface area contributed by atoms with Crippen LogP contribution in [0.4, 0.5) is 0 Å². The Morgan fingerprint density at radius 3 is 2.22 bits per heavy atom. The van der Waals surface area contributed by atoms with Gasteiger partial charge in [-0.25, -0.2) is 4.68 Å². The SMILES string of the molecule is c1ccc(Cn2nncc2-c2ccccc2)cc1. The third kappa shape index (κ3) is 2.15. The Labute approximate surface area is 106 Å². The average molecular weight is 235 g/mol. The molecular weight excluding hydrogens is 222 g/mol. The molecule has 3 aromatic rings. The van der Waals surface area contributed by atoms with E-state index < -0.39 is 0 Å². The molecule has 0 aliphatic rings. The number of benzene rings is 2. The van der Waals surface area contributed by atoms with E-state index in [4.69, 9.17) is 0 Å². The summed E-state index contributed by atoms with van der Waals surface area (Å²) >= 11 is 0. The average Bonchev–Trinajstić information content (AvgIpc) is 2.89. The molecule has 3 rings (SSSR count). The van der Waals surface area contributed by atoms with E-state index in [1.165, 1.54) is 5.56 Å². The number of rotatable bonds is 3. The van der Waals surface area contributed by atoms with Crippen LogP contribution in [0.15, 0.2) is 66.9 Å². The summed E-state index contributed by atoms with van der Waals surface area (Å²) in [5.74, 6) is 0. The van der Waals surface area contributed by atoms with Crippen molar-refractivity contribution in [1.82, 2.24) is 15.0 Å². The maximum atomic E-state index is 4.15. The summed E-state index contributed by atoms with van der Waals surface area (Å²) in [4.78, 5) is 0. The van der Waals surface area contributed by atoms with E-state index in [0.717, 1.165) is 17.8 Å². The second-order valence-electron chi connectivity index (χ2n) is 4.13. The van der Waals surface area contributed by atoms with Crippen LogP contribution in [0.3, 0.4) is 0 Å². The lowest BCUT2D eigenvalue weighted by Gasteiger charge is -2.06. The lowest BCUT2D eigenvalue weighted by molar-refractivity contribution is 0.655. The summed E-state index contributed by atoms with van der Waals surface area (Å²) in [6.45, 7) is 0.741. The summed E-state index contributed by atoms with van der Waals surface area (Å²) in [5, 5.41) is 8.16. The first kappa shape index (κ1) is 10.7. The molecule has 0 saturated carbocycles. The van der Waals surface area contributed by atoms with E-state index in [1.807, 2.05) is 41.1 Å². The van der Waals surface area contributed by atoms with Crippen LogP contribution in [0.25, 0.3) is 11.3 Å². The Bertz CT molecular complexity index is 615. The molecule has 18 heavy (non-hydrogen) atoms. The van der Waals surface area contributed by atoms with Crippen LogP contribution < -0.4 is 0 Å². The Morgan fingerprint density at radius 1 is 0.833 bits per heavy atom. The molecule has 0 bridgehead atoms. The van der Waals surface area contributed by atoms with Gasteiger partial charge >= 0.3 is 0 Å². The van der Waals surface area contributed by atoms with E-state index in [0.29, 0.717) is 0 Å². The smallest absolute Gasteiger partial charge is 0.0889 e. The van der Waals surface area contributed by atoms with Crippen molar-refractivity contribution < 1.29 is 0 Å². The number of nitrogens with zero attached hydrogens (tertiary/aromatic N) is 3. The van der Waals surface area contributed by atoms with Gasteiger partial charge in [-0.1, -0.05) is 65.9 Å². The van der Waals surface area contributed by atoms with Gasteiger partial charge in [0.05, 0.1) is 18.4 Å². The monoisotopic (exact) mass is 235 g/mol. The third-order valence-electron chi connectivity index (χ3n) is 2.86. The van der Waals surface area contributed by atoms with Crippen molar-refractivity contribution in [3.05, 3.63) is 72.4 Å². The zero-order valence-corrected chi connectivity index (χ0v) is 9.90. The molecule has 0 radical (unpaired) electrons. The first-order valence-electron chi connectivity index (χ1n) is 5.91. The number of aromatic nitrogens is 3. The van der Waals surface area contributed by atoms with Crippen molar-refractivity contribution in [2.75, 3.05) is 0 Å². The zero-order chi connectivity index (χ0) is 12.2. The molecule has 0 aliphatic heterocycles. The van der Waals surface area contributed by atoms with Gasteiger partial charge < -0.3 is 0 Å². The fourth-order valence-electron chi connectivity index (χ4n) is 1.96.